The molecule has 0 radical (unpaired) electrons. The van der Waals surface area contributed by atoms with Crippen molar-refractivity contribution in [2.75, 3.05) is 5.32 Å². The minimum Gasteiger partial charge on any atom is -0.392 e. The molecule has 1 aromatic carbocycles. The van der Waals surface area contributed by atoms with Crippen molar-refractivity contribution < 1.29 is 4.79 Å². The minimum absolute atomic E-state index is 0.0318. The lowest BCUT2D eigenvalue weighted by Crippen LogP contribution is -2.44. The Bertz CT molecular complexity index is 554. The molecule has 0 saturated heterocycles. The van der Waals surface area contributed by atoms with Crippen LogP contribution < -0.4 is 11.1 Å². The van der Waals surface area contributed by atoms with Crippen LogP contribution in [0.15, 0.2) is 24.3 Å². The van der Waals surface area contributed by atoms with Crippen LogP contribution in [0.1, 0.15) is 52.0 Å². The molecular weight excluding hydrogens is 280 g/mol. The van der Waals surface area contributed by atoms with Crippen LogP contribution in [0.5, 0.6) is 0 Å². The number of rotatable bonds is 3. The maximum atomic E-state index is 12.8. The van der Waals surface area contributed by atoms with E-state index in [0.29, 0.717) is 4.99 Å². The third kappa shape index (κ3) is 3.10. The molecule has 21 heavy (non-hydrogen) atoms. The number of carbonyl (C=O) groups excluding carboxylic acids is 1. The van der Waals surface area contributed by atoms with Crippen molar-refractivity contribution in [3.63, 3.8) is 0 Å². The Morgan fingerprint density at radius 1 is 1.24 bits per heavy atom. The number of para-hydroxylation sites is 1. The van der Waals surface area contributed by atoms with Gasteiger partial charge in [-0.2, -0.15) is 0 Å². The molecule has 4 heteroatoms. The number of thiocarbonyl (C=S) groups is 1. The van der Waals surface area contributed by atoms with Gasteiger partial charge in [0, 0.05) is 5.69 Å². The molecule has 0 atom stereocenters. The van der Waals surface area contributed by atoms with E-state index in [1.54, 1.807) is 0 Å². The topological polar surface area (TPSA) is 55.1 Å². The van der Waals surface area contributed by atoms with E-state index in [2.05, 4.69) is 32.2 Å². The number of anilines is 1. The number of hydrogen-bond acceptors (Lipinski definition) is 2. The maximum Gasteiger partial charge on any atom is 0.237 e. The van der Waals surface area contributed by atoms with Crippen LogP contribution in [0.4, 0.5) is 5.69 Å². The van der Waals surface area contributed by atoms with Crippen molar-refractivity contribution in [3.05, 3.63) is 29.8 Å². The second-order valence-electron chi connectivity index (χ2n) is 6.90. The Morgan fingerprint density at radius 2 is 1.81 bits per heavy atom. The first-order valence-electron chi connectivity index (χ1n) is 7.48. The summed E-state index contributed by atoms with van der Waals surface area (Å²) in [5, 5.41) is 3.07. The predicted molar refractivity (Wildman–Crippen MR) is 91.5 cm³/mol. The van der Waals surface area contributed by atoms with Gasteiger partial charge >= 0.3 is 0 Å². The van der Waals surface area contributed by atoms with Gasteiger partial charge in [0.1, 0.15) is 0 Å². The first kappa shape index (κ1) is 16.0. The van der Waals surface area contributed by atoms with Gasteiger partial charge in [0.15, 0.2) is 0 Å². The third-order valence-corrected chi connectivity index (χ3v) is 4.74. The van der Waals surface area contributed by atoms with Crippen molar-refractivity contribution in [2.24, 2.45) is 11.1 Å². The zero-order valence-corrected chi connectivity index (χ0v) is 13.8. The Kier molecular flexibility index (Phi) is 4.38. The van der Waals surface area contributed by atoms with E-state index in [1.165, 1.54) is 0 Å². The molecule has 114 valence electrons. The summed E-state index contributed by atoms with van der Waals surface area (Å²) < 4.78 is 0. The molecular formula is C17H24N2OS. The lowest BCUT2D eigenvalue weighted by atomic mass is 9.83. The number of benzene rings is 1. The van der Waals surface area contributed by atoms with Crippen molar-refractivity contribution >= 4 is 28.8 Å². The van der Waals surface area contributed by atoms with Gasteiger partial charge in [-0.25, -0.2) is 0 Å². The molecule has 1 fully saturated rings. The summed E-state index contributed by atoms with van der Waals surface area (Å²) >= 11 is 5.18. The summed E-state index contributed by atoms with van der Waals surface area (Å²) in [6.45, 7) is 6.41. The molecule has 0 unspecified atom stereocenters. The fourth-order valence-electron chi connectivity index (χ4n) is 3.05. The van der Waals surface area contributed by atoms with Crippen LogP contribution in [0, 0.1) is 5.41 Å². The van der Waals surface area contributed by atoms with Gasteiger partial charge in [-0.15, -0.1) is 0 Å². The maximum absolute atomic E-state index is 12.8. The van der Waals surface area contributed by atoms with Crippen LogP contribution in [0.3, 0.4) is 0 Å². The molecule has 0 spiro atoms. The van der Waals surface area contributed by atoms with Gasteiger partial charge in [-0.1, -0.05) is 64.0 Å². The molecule has 1 saturated carbocycles. The third-order valence-electron chi connectivity index (χ3n) is 4.35. The largest absolute Gasteiger partial charge is 0.392 e. The van der Waals surface area contributed by atoms with Crippen LogP contribution in [-0.2, 0) is 10.2 Å². The summed E-state index contributed by atoms with van der Waals surface area (Å²) in [7, 11) is 0. The predicted octanol–water partition coefficient (Wildman–Crippen LogP) is 3.77. The second kappa shape index (κ2) is 5.76. The standard InChI is InChI=1S/C17H24N2OS/c1-16(2,3)12-8-4-5-9-13(12)19-15(20)17(14(18)21)10-6-7-11-17/h4-5,8-9H,6-7,10-11H2,1-3H3,(H2,18,21)(H,19,20). The molecule has 0 aliphatic heterocycles. The van der Waals surface area contributed by atoms with E-state index in [4.69, 9.17) is 18.0 Å². The van der Waals surface area contributed by atoms with Crippen LogP contribution in [0.2, 0.25) is 0 Å². The first-order valence-corrected chi connectivity index (χ1v) is 7.89. The monoisotopic (exact) mass is 304 g/mol. The van der Waals surface area contributed by atoms with Crippen molar-refractivity contribution in [3.8, 4) is 0 Å². The fourth-order valence-corrected chi connectivity index (χ4v) is 3.35. The van der Waals surface area contributed by atoms with Gasteiger partial charge < -0.3 is 11.1 Å². The van der Waals surface area contributed by atoms with Crippen LogP contribution >= 0.6 is 12.2 Å². The highest BCUT2D eigenvalue weighted by molar-refractivity contribution is 7.80. The molecule has 0 heterocycles. The molecule has 1 aliphatic carbocycles. The highest BCUT2D eigenvalue weighted by atomic mass is 32.1. The number of carbonyl (C=O) groups is 1. The minimum atomic E-state index is -0.666. The molecule has 0 bridgehead atoms. The second-order valence-corrected chi connectivity index (χ2v) is 7.34. The van der Waals surface area contributed by atoms with E-state index >= 15 is 0 Å². The van der Waals surface area contributed by atoms with Crippen LogP contribution in [-0.4, -0.2) is 10.9 Å². The Balaban J connectivity index is 2.30. The normalized spacial score (nSPS) is 17.5. The number of amides is 1. The Morgan fingerprint density at radius 3 is 2.33 bits per heavy atom. The number of hydrogen-bond donors (Lipinski definition) is 2. The summed E-state index contributed by atoms with van der Waals surface area (Å²) in [5.74, 6) is -0.0517. The molecule has 3 N–H and O–H groups in total. The Labute approximate surface area is 132 Å². The fraction of sp³-hybridized carbons (Fsp3) is 0.529. The van der Waals surface area contributed by atoms with Gasteiger partial charge in [0.05, 0.1) is 10.4 Å². The van der Waals surface area contributed by atoms with E-state index in [1.807, 2.05) is 18.2 Å². The van der Waals surface area contributed by atoms with Gasteiger partial charge in [0.25, 0.3) is 0 Å². The van der Waals surface area contributed by atoms with Gasteiger partial charge in [0.2, 0.25) is 5.91 Å². The molecule has 0 aromatic heterocycles. The smallest absolute Gasteiger partial charge is 0.237 e. The lowest BCUT2D eigenvalue weighted by Gasteiger charge is -2.28. The average Bonchev–Trinajstić information content (AvgIpc) is 2.88. The molecule has 3 nitrogen and oxygen atoms in total. The summed E-state index contributed by atoms with van der Waals surface area (Å²) in [5.41, 5.74) is 7.16. The number of nitrogens with two attached hydrogens (primary N) is 1. The highest BCUT2D eigenvalue weighted by Crippen LogP contribution is 2.40. The van der Waals surface area contributed by atoms with Crippen molar-refractivity contribution in [1.82, 2.24) is 0 Å². The number of nitrogens with one attached hydrogen (secondary N) is 1. The molecule has 1 amide bonds. The summed E-state index contributed by atoms with van der Waals surface area (Å²) in [6.07, 6.45) is 3.52. The molecule has 1 aromatic rings. The summed E-state index contributed by atoms with van der Waals surface area (Å²) in [6, 6.07) is 7.93. The van der Waals surface area contributed by atoms with E-state index < -0.39 is 5.41 Å². The van der Waals surface area contributed by atoms with Crippen molar-refractivity contribution in [2.45, 2.75) is 51.9 Å². The lowest BCUT2D eigenvalue weighted by molar-refractivity contribution is -0.122. The van der Waals surface area contributed by atoms with Gasteiger partial charge in [-0.3, -0.25) is 4.79 Å². The zero-order chi connectivity index (χ0) is 15.7. The Hall–Kier alpha value is -1.42. The summed E-state index contributed by atoms with van der Waals surface area (Å²) in [4.78, 5) is 13.1. The highest BCUT2D eigenvalue weighted by Gasteiger charge is 2.44. The van der Waals surface area contributed by atoms with E-state index in [0.717, 1.165) is 36.9 Å². The van der Waals surface area contributed by atoms with E-state index in [-0.39, 0.29) is 11.3 Å². The first-order chi connectivity index (χ1) is 9.77. The van der Waals surface area contributed by atoms with E-state index in [9.17, 15) is 4.79 Å². The molecule has 2 rings (SSSR count). The van der Waals surface area contributed by atoms with Crippen LogP contribution in [0.25, 0.3) is 0 Å². The SMILES string of the molecule is CC(C)(C)c1ccccc1NC(=O)C1(C(N)=S)CCCC1. The average molecular weight is 304 g/mol. The quantitative estimate of drug-likeness (QED) is 0.836. The molecule has 1 aliphatic rings. The van der Waals surface area contributed by atoms with Crippen molar-refractivity contribution in [1.29, 1.82) is 0 Å². The van der Waals surface area contributed by atoms with Gasteiger partial charge in [-0.05, 0) is 29.9 Å². The zero-order valence-electron chi connectivity index (χ0n) is 13.0.